The van der Waals surface area contributed by atoms with E-state index in [0.717, 1.165) is 30.9 Å². The summed E-state index contributed by atoms with van der Waals surface area (Å²) in [6.07, 6.45) is 0.855. The Morgan fingerprint density at radius 1 is 0.765 bits per heavy atom. The Labute approximate surface area is 99.4 Å². The summed E-state index contributed by atoms with van der Waals surface area (Å²) in [6.45, 7) is 0. The third-order valence-corrected chi connectivity index (χ3v) is 3.23. The van der Waals surface area contributed by atoms with Crippen molar-refractivity contribution in [3.05, 3.63) is 68.2 Å². The molecule has 1 aliphatic rings. The fraction of sp³-hybridized carbons (Fsp3) is 0.0769. The molecule has 0 saturated heterocycles. The van der Waals surface area contributed by atoms with E-state index < -0.39 is 0 Å². The molecule has 0 aromatic heterocycles. The van der Waals surface area contributed by atoms with Crippen LogP contribution in [0.15, 0.2) is 36.4 Å². The third kappa shape index (κ3) is 1.60. The molecule has 0 unspecified atom stereocenters. The van der Waals surface area contributed by atoms with Gasteiger partial charge in [0.25, 0.3) is 0 Å². The molecule has 3 rings (SSSR count). The van der Waals surface area contributed by atoms with E-state index in [2.05, 4.69) is 0 Å². The fourth-order valence-electron chi connectivity index (χ4n) is 2.41. The second-order valence-electron chi connectivity index (χ2n) is 4.27. The van der Waals surface area contributed by atoms with Gasteiger partial charge >= 0.3 is 98.9 Å². The van der Waals surface area contributed by atoms with Crippen molar-refractivity contribution in [2.24, 2.45) is 0 Å². The molecule has 2 aromatic carbocycles. The summed E-state index contributed by atoms with van der Waals surface area (Å²) in [7, 11) is 2.24. The van der Waals surface area contributed by atoms with E-state index in [1.807, 2.05) is 36.4 Å². The molecule has 0 atom stereocenters. The molecule has 2 aromatic rings. The minimum atomic E-state index is 0.825. The van der Waals surface area contributed by atoms with Crippen molar-refractivity contribution in [1.82, 2.24) is 0 Å². The van der Waals surface area contributed by atoms with Crippen molar-refractivity contribution >= 4 is 14.2 Å². The zero-order chi connectivity index (χ0) is 11.8. The summed E-state index contributed by atoms with van der Waals surface area (Å²) in [5.74, 6) is 0. The summed E-state index contributed by atoms with van der Waals surface area (Å²) in [6, 6.07) is 11.9. The number of hydrogen-bond acceptors (Lipinski definition) is 2. The van der Waals surface area contributed by atoms with E-state index in [0.29, 0.717) is 0 Å². The zero-order valence-electron chi connectivity index (χ0n) is 9.22. The van der Waals surface area contributed by atoms with Crippen molar-refractivity contribution < 1.29 is 10.0 Å². The molecule has 2 N–H and O–H groups in total. The zero-order valence-corrected chi connectivity index (χ0v) is 9.22. The first-order chi connectivity index (χ1) is 8.31. The second kappa shape index (κ2) is 3.88. The first kappa shape index (κ1) is 10.3. The minimum absolute atomic E-state index is 0.825. The summed E-state index contributed by atoms with van der Waals surface area (Å²) in [5, 5.41) is 22.1. The van der Waals surface area contributed by atoms with Gasteiger partial charge < -0.3 is 0 Å². The second-order valence-corrected chi connectivity index (χ2v) is 4.27. The van der Waals surface area contributed by atoms with Crippen LogP contribution in [-0.2, 0) is 6.42 Å². The Morgan fingerprint density at radius 2 is 1.24 bits per heavy atom. The van der Waals surface area contributed by atoms with Crippen LogP contribution in [0.3, 0.4) is 0 Å². The topological polar surface area (TPSA) is 40.5 Å². The number of hydrogen-bond donors (Lipinski definition) is 2. The van der Waals surface area contributed by atoms with Gasteiger partial charge in [-0.3, -0.25) is 0 Å². The molecule has 0 heterocycles. The normalized spacial score (nSPS) is 13.9. The fourth-order valence-corrected chi connectivity index (χ4v) is 2.41. The first-order valence-electron chi connectivity index (χ1n) is 5.53. The van der Waals surface area contributed by atoms with Crippen LogP contribution in [0, 0.1) is 20.7 Å². The average molecular weight is 220 g/mol. The SMILES string of the molecule is OB=c1ccc2c(c1)Cc1cc(=BO)ccc1=2. The van der Waals surface area contributed by atoms with E-state index in [1.165, 1.54) is 21.6 Å². The van der Waals surface area contributed by atoms with Gasteiger partial charge in [0.2, 0.25) is 0 Å². The molecular formula is C13H10B2O2. The van der Waals surface area contributed by atoms with Crippen LogP contribution in [0.1, 0.15) is 11.1 Å². The monoisotopic (exact) mass is 220 g/mol. The maximum atomic E-state index is 9.00. The van der Waals surface area contributed by atoms with Crippen molar-refractivity contribution in [2.75, 3.05) is 0 Å². The van der Waals surface area contributed by atoms with E-state index >= 15 is 0 Å². The summed E-state index contributed by atoms with van der Waals surface area (Å²) in [4.78, 5) is 0. The van der Waals surface area contributed by atoms with Crippen LogP contribution in [0.25, 0.3) is 0 Å². The molecule has 0 spiro atoms. The first-order valence-corrected chi connectivity index (χ1v) is 5.53. The summed E-state index contributed by atoms with van der Waals surface area (Å²) in [5.41, 5.74) is 2.44. The van der Waals surface area contributed by atoms with E-state index in [4.69, 9.17) is 10.0 Å². The van der Waals surface area contributed by atoms with Gasteiger partial charge in [0.1, 0.15) is 0 Å². The Balaban J connectivity index is 2.41. The van der Waals surface area contributed by atoms with Gasteiger partial charge in [-0.2, -0.15) is 0 Å². The molecule has 0 saturated carbocycles. The summed E-state index contributed by atoms with van der Waals surface area (Å²) < 4.78 is 0. The van der Waals surface area contributed by atoms with E-state index in [9.17, 15) is 0 Å². The molecule has 2 nitrogen and oxygen atoms in total. The molecule has 80 valence electrons. The summed E-state index contributed by atoms with van der Waals surface area (Å²) >= 11 is 0. The van der Waals surface area contributed by atoms with Gasteiger partial charge in [0, 0.05) is 0 Å². The Hall–Kier alpha value is -1.83. The van der Waals surface area contributed by atoms with Crippen LogP contribution >= 0.6 is 0 Å². The standard InChI is InChI=1S/C13H10B2O2/c16-14-10-1-3-12-8(6-10)5-9-7-11(15-17)2-4-13(9)12/h1-4,6-7,16-17H,5H2. The van der Waals surface area contributed by atoms with Gasteiger partial charge in [0.15, 0.2) is 0 Å². The Kier molecular flexibility index (Phi) is 2.36. The van der Waals surface area contributed by atoms with Gasteiger partial charge in [-0.1, -0.05) is 0 Å². The Bertz CT molecular complexity index is 730. The number of rotatable bonds is 0. The maximum absolute atomic E-state index is 9.00. The molecule has 0 aliphatic heterocycles. The quantitative estimate of drug-likeness (QED) is 0.544. The van der Waals surface area contributed by atoms with E-state index in [1.54, 1.807) is 0 Å². The average Bonchev–Trinajstić information content (AvgIpc) is 2.74. The van der Waals surface area contributed by atoms with Crippen molar-refractivity contribution in [3.63, 3.8) is 0 Å². The van der Waals surface area contributed by atoms with Crippen LogP contribution in [0.5, 0.6) is 0 Å². The number of benzene rings is 2. The molecular weight excluding hydrogens is 210 g/mol. The predicted octanol–water partition coefficient (Wildman–Crippen LogP) is 0.603. The Morgan fingerprint density at radius 3 is 1.65 bits per heavy atom. The van der Waals surface area contributed by atoms with Crippen molar-refractivity contribution in [3.8, 4) is 0 Å². The molecule has 1 aliphatic carbocycles. The van der Waals surface area contributed by atoms with Crippen LogP contribution in [0.2, 0.25) is 0 Å². The molecule has 4 heteroatoms. The van der Waals surface area contributed by atoms with Gasteiger partial charge in [0.05, 0.1) is 0 Å². The van der Waals surface area contributed by atoms with Crippen molar-refractivity contribution in [1.29, 1.82) is 0 Å². The van der Waals surface area contributed by atoms with Gasteiger partial charge in [-0.05, 0) is 0 Å². The van der Waals surface area contributed by atoms with Gasteiger partial charge in [-0.15, -0.1) is 0 Å². The van der Waals surface area contributed by atoms with E-state index in [-0.39, 0.29) is 0 Å². The van der Waals surface area contributed by atoms with Crippen LogP contribution in [-0.4, -0.2) is 24.3 Å². The van der Waals surface area contributed by atoms with Crippen LogP contribution < -0.4 is 0 Å². The number of fused-ring (bicyclic) bond motifs is 2. The van der Waals surface area contributed by atoms with Crippen molar-refractivity contribution in [2.45, 2.75) is 6.42 Å². The molecule has 0 radical (unpaired) electrons. The van der Waals surface area contributed by atoms with Crippen LogP contribution in [0.4, 0.5) is 0 Å². The predicted molar refractivity (Wildman–Crippen MR) is 67.0 cm³/mol. The molecule has 0 fully saturated rings. The molecule has 0 bridgehead atoms. The third-order valence-electron chi connectivity index (χ3n) is 3.23. The molecule has 0 amide bonds. The van der Waals surface area contributed by atoms with Gasteiger partial charge in [-0.25, -0.2) is 0 Å². The molecule has 17 heavy (non-hydrogen) atoms.